The number of carbonyl (C=O) groups excluding carboxylic acids is 2. The third-order valence-electron chi connectivity index (χ3n) is 5.40. The first-order valence-corrected chi connectivity index (χ1v) is 10.1. The van der Waals surface area contributed by atoms with Crippen LogP contribution in [0.4, 0.5) is 10.1 Å². The molecule has 4 rings (SSSR count). The summed E-state index contributed by atoms with van der Waals surface area (Å²) >= 11 is 0. The summed E-state index contributed by atoms with van der Waals surface area (Å²) in [5, 5.41) is 3.00. The molecule has 4 nitrogen and oxygen atoms in total. The lowest BCUT2D eigenvalue weighted by molar-refractivity contribution is -0.122. The number of rotatable bonds is 6. The first-order chi connectivity index (χ1) is 14.6. The number of hydrogen-bond acceptors (Lipinski definition) is 2. The predicted octanol–water partition coefficient (Wildman–Crippen LogP) is 4.27. The van der Waals surface area contributed by atoms with E-state index in [0.717, 1.165) is 11.1 Å². The standard InChI is InChI=1S/C25H23FN2O2/c26-20-12-7-13-22(14-20)28-17-21(15-25(28)30)27-24(29)16-23(18-8-3-1-4-9-18)19-10-5-2-6-11-19/h1-14,21,23H,15-17H2,(H,27,29)/t21-/m0/s1. The van der Waals surface area contributed by atoms with Crippen LogP contribution in [0.25, 0.3) is 0 Å². The topological polar surface area (TPSA) is 49.4 Å². The summed E-state index contributed by atoms with van der Waals surface area (Å²) < 4.78 is 13.5. The maximum absolute atomic E-state index is 13.5. The van der Waals surface area contributed by atoms with Crippen molar-refractivity contribution in [1.82, 2.24) is 5.32 Å². The molecule has 0 aliphatic carbocycles. The average molecular weight is 402 g/mol. The Bertz CT molecular complexity index is 984. The highest BCUT2D eigenvalue weighted by atomic mass is 19.1. The molecule has 0 bridgehead atoms. The number of nitrogens with zero attached hydrogens (tertiary/aromatic N) is 1. The van der Waals surface area contributed by atoms with Crippen LogP contribution >= 0.6 is 0 Å². The molecule has 1 atom stereocenters. The van der Waals surface area contributed by atoms with Crippen molar-refractivity contribution in [2.24, 2.45) is 0 Å². The molecule has 1 saturated heterocycles. The zero-order chi connectivity index (χ0) is 20.9. The zero-order valence-electron chi connectivity index (χ0n) is 16.5. The zero-order valence-corrected chi connectivity index (χ0v) is 16.5. The molecule has 1 fully saturated rings. The first kappa shape index (κ1) is 19.8. The smallest absolute Gasteiger partial charge is 0.229 e. The molecular formula is C25H23FN2O2. The molecule has 1 N–H and O–H groups in total. The second-order valence-electron chi connectivity index (χ2n) is 7.53. The molecule has 0 aromatic heterocycles. The van der Waals surface area contributed by atoms with Gasteiger partial charge in [-0.05, 0) is 29.3 Å². The van der Waals surface area contributed by atoms with E-state index in [0.29, 0.717) is 18.7 Å². The minimum Gasteiger partial charge on any atom is -0.351 e. The summed E-state index contributed by atoms with van der Waals surface area (Å²) in [5.41, 5.74) is 2.66. The van der Waals surface area contributed by atoms with Crippen LogP contribution in [0.1, 0.15) is 29.9 Å². The van der Waals surface area contributed by atoms with E-state index in [-0.39, 0.29) is 36.0 Å². The lowest BCUT2D eigenvalue weighted by Crippen LogP contribution is -2.37. The van der Waals surface area contributed by atoms with Crippen molar-refractivity contribution in [3.05, 3.63) is 102 Å². The van der Waals surface area contributed by atoms with Gasteiger partial charge in [0.05, 0.1) is 6.04 Å². The molecule has 3 aromatic carbocycles. The SMILES string of the molecule is O=C(CC(c1ccccc1)c1ccccc1)N[C@H]1CC(=O)N(c2cccc(F)c2)C1. The van der Waals surface area contributed by atoms with E-state index in [1.807, 2.05) is 60.7 Å². The monoisotopic (exact) mass is 402 g/mol. The molecule has 0 unspecified atom stereocenters. The Morgan fingerprint density at radius 3 is 2.20 bits per heavy atom. The van der Waals surface area contributed by atoms with Gasteiger partial charge in [0.1, 0.15) is 5.82 Å². The Morgan fingerprint density at radius 2 is 1.60 bits per heavy atom. The van der Waals surface area contributed by atoms with Crippen LogP contribution in [0.5, 0.6) is 0 Å². The highest BCUT2D eigenvalue weighted by molar-refractivity contribution is 5.96. The van der Waals surface area contributed by atoms with Crippen molar-refractivity contribution >= 4 is 17.5 Å². The minimum atomic E-state index is -0.388. The minimum absolute atomic E-state index is 0.0659. The molecule has 30 heavy (non-hydrogen) atoms. The average Bonchev–Trinajstić information content (AvgIpc) is 3.13. The van der Waals surface area contributed by atoms with Crippen LogP contribution in [0, 0.1) is 5.82 Å². The summed E-state index contributed by atoms with van der Waals surface area (Å²) in [6.07, 6.45) is 0.502. The summed E-state index contributed by atoms with van der Waals surface area (Å²) in [7, 11) is 0. The number of halogens is 1. The molecule has 0 radical (unpaired) electrons. The fraction of sp³-hybridized carbons (Fsp3) is 0.200. The summed E-state index contributed by atoms with van der Waals surface area (Å²) in [5.74, 6) is -0.676. The van der Waals surface area contributed by atoms with Gasteiger partial charge in [-0.15, -0.1) is 0 Å². The van der Waals surface area contributed by atoms with Crippen LogP contribution in [0.15, 0.2) is 84.9 Å². The molecule has 1 heterocycles. The van der Waals surface area contributed by atoms with Crippen molar-refractivity contribution in [1.29, 1.82) is 0 Å². The Hall–Kier alpha value is -3.47. The molecule has 152 valence electrons. The normalized spacial score (nSPS) is 16.1. The van der Waals surface area contributed by atoms with E-state index in [9.17, 15) is 14.0 Å². The Morgan fingerprint density at radius 1 is 0.967 bits per heavy atom. The van der Waals surface area contributed by atoms with E-state index in [1.54, 1.807) is 12.1 Å². The molecule has 1 aliphatic rings. The van der Waals surface area contributed by atoms with Crippen molar-refractivity contribution in [2.75, 3.05) is 11.4 Å². The maximum atomic E-state index is 13.5. The number of carbonyl (C=O) groups is 2. The summed E-state index contributed by atoms with van der Waals surface area (Å²) in [6.45, 7) is 0.343. The highest BCUT2D eigenvalue weighted by Crippen LogP contribution is 2.28. The van der Waals surface area contributed by atoms with Gasteiger partial charge in [-0.2, -0.15) is 0 Å². The molecule has 2 amide bonds. The Balaban J connectivity index is 1.45. The molecule has 0 spiro atoms. The van der Waals surface area contributed by atoms with Crippen molar-refractivity contribution in [2.45, 2.75) is 24.8 Å². The summed E-state index contributed by atoms with van der Waals surface area (Å²) in [4.78, 5) is 26.8. The maximum Gasteiger partial charge on any atom is 0.229 e. The van der Waals surface area contributed by atoms with E-state index < -0.39 is 0 Å². The lowest BCUT2D eigenvalue weighted by Gasteiger charge is -2.20. The van der Waals surface area contributed by atoms with Gasteiger partial charge in [-0.1, -0.05) is 66.7 Å². The molecule has 1 aliphatic heterocycles. The van der Waals surface area contributed by atoms with Gasteiger partial charge in [0.25, 0.3) is 0 Å². The van der Waals surface area contributed by atoms with Gasteiger partial charge in [0.15, 0.2) is 0 Å². The number of amides is 2. The van der Waals surface area contributed by atoms with E-state index in [2.05, 4.69) is 5.32 Å². The second kappa shape index (κ2) is 8.91. The predicted molar refractivity (Wildman–Crippen MR) is 115 cm³/mol. The Kier molecular flexibility index (Phi) is 5.89. The quantitative estimate of drug-likeness (QED) is 0.669. The van der Waals surface area contributed by atoms with E-state index >= 15 is 0 Å². The molecule has 5 heteroatoms. The van der Waals surface area contributed by atoms with Crippen LogP contribution in [0.2, 0.25) is 0 Å². The third-order valence-corrected chi connectivity index (χ3v) is 5.40. The lowest BCUT2D eigenvalue weighted by atomic mass is 9.88. The Labute approximate surface area is 175 Å². The van der Waals surface area contributed by atoms with E-state index in [1.165, 1.54) is 17.0 Å². The van der Waals surface area contributed by atoms with Gasteiger partial charge < -0.3 is 10.2 Å². The van der Waals surface area contributed by atoms with E-state index in [4.69, 9.17) is 0 Å². The summed E-state index contributed by atoms with van der Waals surface area (Å²) in [6, 6.07) is 25.5. The van der Waals surface area contributed by atoms with Gasteiger partial charge in [0.2, 0.25) is 11.8 Å². The number of anilines is 1. The fourth-order valence-electron chi connectivity index (χ4n) is 3.97. The molecule has 3 aromatic rings. The van der Waals surface area contributed by atoms with Crippen LogP contribution in [0.3, 0.4) is 0 Å². The van der Waals surface area contributed by atoms with Gasteiger partial charge in [-0.3, -0.25) is 9.59 Å². The highest BCUT2D eigenvalue weighted by Gasteiger charge is 2.32. The molecular weight excluding hydrogens is 379 g/mol. The number of hydrogen-bond donors (Lipinski definition) is 1. The van der Waals surface area contributed by atoms with Gasteiger partial charge in [-0.25, -0.2) is 4.39 Å². The van der Waals surface area contributed by atoms with Crippen LogP contribution < -0.4 is 10.2 Å². The molecule has 0 saturated carbocycles. The van der Waals surface area contributed by atoms with Crippen molar-refractivity contribution < 1.29 is 14.0 Å². The van der Waals surface area contributed by atoms with Crippen molar-refractivity contribution in [3.63, 3.8) is 0 Å². The van der Waals surface area contributed by atoms with Crippen molar-refractivity contribution in [3.8, 4) is 0 Å². The number of benzene rings is 3. The van der Waals surface area contributed by atoms with Crippen LogP contribution in [-0.2, 0) is 9.59 Å². The number of nitrogens with one attached hydrogen (secondary N) is 1. The fourth-order valence-corrected chi connectivity index (χ4v) is 3.97. The second-order valence-corrected chi connectivity index (χ2v) is 7.53. The third kappa shape index (κ3) is 4.57. The van der Waals surface area contributed by atoms with Gasteiger partial charge >= 0.3 is 0 Å². The largest absolute Gasteiger partial charge is 0.351 e. The first-order valence-electron chi connectivity index (χ1n) is 10.1. The van der Waals surface area contributed by atoms with Gasteiger partial charge in [0, 0.05) is 31.0 Å². The van der Waals surface area contributed by atoms with Crippen LogP contribution in [-0.4, -0.2) is 24.4 Å².